The van der Waals surface area contributed by atoms with Crippen molar-refractivity contribution in [3.05, 3.63) is 112 Å². The molecule has 3 N–H and O–H groups in total. The van der Waals surface area contributed by atoms with E-state index in [9.17, 15) is 14.4 Å². The molecule has 6 rings (SSSR count). The lowest BCUT2D eigenvalue weighted by Gasteiger charge is -2.22. The minimum Gasteiger partial charge on any atom is -0.465 e. The maximum Gasteiger partial charge on any atom is 0.337 e. The molecular weight excluding hydrogens is 554 g/mol. The highest BCUT2D eigenvalue weighted by molar-refractivity contribution is 6.35. The van der Waals surface area contributed by atoms with Crippen molar-refractivity contribution in [3.63, 3.8) is 0 Å². The van der Waals surface area contributed by atoms with Gasteiger partial charge in [0.1, 0.15) is 11.5 Å². The van der Waals surface area contributed by atoms with Gasteiger partial charge in [0.25, 0.3) is 11.8 Å². The molecule has 2 aliphatic rings. The predicted molar refractivity (Wildman–Crippen MR) is 172 cm³/mol. The summed E-state index contributed by atoms with van der Waals surface area (Å²) in [6.07, 6.45) is 7.79. The monoisotopic (exact) mass is 589 g/mol. The highest BCUT2D eigenvalue weighted by atomic mass is 16.5. The Labute approximate surface area is 256 Å². The summed E-state index contributed by atoms with van der Waals surface area (Å²) < 4.78 is 11.2. The van der Waals surface area contributed by atoms with Crippen molar-refractivity contribution in [3.8, 4) is 0 Å². The standard InChI is InChI=1S/C36H35N3O5/c1-3-9-30(37-24-10-5-4-6-11-24)33-26-12-7-8-13-31(26)44-32(33)21-28-27-20-25(18-19-29(27)39-35(28)41)38-34(40)22-14-16-23(17-15-22)36(42)43-2/h4-6,10-11,14-21,30,37H,3,7-9,12-13H2,1-2H3,(H,38,40)(H,39,41). The summed E-state index contributed by atoms with van der Waals surface area (Å²) in [4.78, 5) is 38.0. The van der Waals surface area contributed by atoms with Crippen molar-refractivity contribution in [2.24, 2.45) is 0 Å². The quantitative estimate of drug-likeness (QED) is 0.137. The number of esters is 1. The van der Waals surface area contributed by atoms with Crippen LogP contribution in [-0.4, -0.2) is 24.9 Å². The molecule has 1 aliphatic carbocycles. The number of rotatable bonds is 9. The Morgan fingerprint density at radius 3 is 2.48 bits per heavy atom. The number of fused-ring (bicyclic) bond motifs is 2. The van der Waals surface area contributed by atoms with E-state index in [0.29, 0.717) is 39.4 Å². The van der Waals surface area contributed by atoms with E-state index in [1.807, 2.05) is 24.3 Å². The van der Waals surface area contributed by atoms with E-state index >= 15 is 0 Å². The maximum absolute atomic E-state index is 13.3. The number of carbonyl (C=O) groups is 3. The van der Waals surface area contributed by atoms with Crippen LogP contribution in [0.1, 0.15) is 87.6 Å². The Morgan fingerprint density at radius 1 is 0.977 bits per heavy atom. The van der Waals surface area contributed by atoms with Crippen LogP contribution < -0.4 is 16.0 Å². The molecule has 224 valence electrons. The van der Waals surface area contributed by atoms with Gasteiger partial charge in [0.15, 0.2) is 0 Å². The van der Waals surface area contributed by atoms with Gasteiger partial charge in [-0.05, 0) is 91.9 Å². The van der Waals surface area contributed by atoms with E-state index in [1.165, 1.54) is 12.7 Å². The Morgan fingerprint density at radius 2 is 1.73 bits per heavy atom. The summed E-state index contributed by atoms with van der Waals surface area (Å²) in [5.74, 6) is 0.693. The third kappa shape index (κ3) is 5.88. The molecular formula is C36H35N3O5. The van der Waals surface area contributed by atoms with Gasteiger partial charge < -0.3 is 25.1 Å². The zero-order valence-electron chi connectivity index (χ0n) is 24.9. The first kappa shape index (κ1) is 29.0. The second-order valence-electron chi connectivity index (χ2n) is 11.1. The molecule has 2 heterocycles. The summed E-state index contributed by atoms with van der Waals surface area (Å²) in [7, 11) is 1.31. The molecule has 8 heteroatoms. The second kappa shape index (κ2) is 12.6. The number of amides is 2. The summed E-state index contributed by atoms with van der Waals surface area (Å²) in [5, 5.41) is 9.59. The van der Waals surface area contributed by atoms with E-state index in [-0.39, 0.29) is 17.9 Å². The number of anilines is 3. The van der Waals surface area contributed by atoms with E-state index < -0.39 is 5.97 Å². The molecule has 1 aliphatic heterocycles. The van der Waals surface area contributed by atoms with Gasteiger partial charge in [-0.2, -0.15) is 0 Å². The smallest absolute Gasteiger partial charge is 0.337 e. The van der Waals surface area contributed by atoms with Crippen molar-refractivity contribution in [2.75, 3.05) is 23.1 Å². The van der Waals surface area contributed by atoms with Gasteiger partial charge >= 0.3 is 5.97 Å². The molecule has 1 atom stereocenters. The summed E-state index contributed by atoms with van der Waals surface area (Å²) >= 11 is 0. The number of aryl methyl sites for hydroxylation is 1. The number of para-hydroxylation sites is 1. The first-order chi connectivity index (χ1) is 21.4. The lowest BCUT2D eigenvalue weighted by atomic mass is 9.89. The first-order valence-electron chi connectivity index (χ1n) is 15.1. The van der Waals surface area contributed by atoms with E-state index in [0.717, 1.165) is 55.5 Å². The van der Waals surface area contributed by atoms with Crippen LogP contribution in [0.4, 0.5) is 17.1 Å². The first-order valence-corrected chi connectivity index (χ1v) is 15.1. The summed E-state index contributed by atoms with van der Waals surface area (Å²) in [6.45, 7) is 2.17. The van der Waals surface area contributed by atoms with Crippen LogP contribution >= 0.6 is 0 Å². The Bertz CT molecular complexity index is 1740. The van der Waals surface area contributed by atoms with Crippen LogP contribution in [0.2, 0.25) is 0 Å². The molecule has 0 saturated heterocycles. The number of methoxy groups -OCH3 is 1. The Balaban J connectivity index is 1.33. The topological polar surface area (TPSA) is 110 Å². The number of hydrogen-bond acceptors (Lipinski definition) is 6. The lowest BCUT2D eigenvalue weighted by Crippen LogP contribution is -2.14. The molecule has 2 amide bonds. The highest BCUT2D eigenvalue weighted by Crippen LogP contribution is 2.41. The van der Waals surface area contributed by atoms with Gasteiger partial charge in [-0.15, -0.1) is 0 Å². The molecule has 0 fully saturated rings. The third-order valence-corrected chi connectivity index (χ3v) is 8.19. The Kier molecular flexibility index (Phi) is 8.32. The fraction of sp³-hybridized carbons (Fsp3) is 0.250. The van der Waals surface area contributed by atoms with Gasteiger partial charge in [0.2, 0.25) is 0 Å². The van der Waals surface area contributed by atoms with Crippen LogP contribution in [0.25, 0.3) is 11.6 Å². The van der Waals surface area contributed by atoms with Gasteiger partial charge in [0, 0.05) is 40.2 Å². The average Bonchev–Trinajstić information content (AvgIpc) is 3.57. The van der Waals surface area contributed by atoms with E-state index in [2.05, 4.69) is 35.0 Å². The van der Waals surface area contributed by atoms with E-state index in [4.69, 9.17) is 9.15 Å². The SMILES string of the molecule is CCCC(Nc1ccccc1)c1c(C=C2C(=O)Nc3ccc(NC(=O)c4ccc(C(=O)OC)cc4)cc32)oc2c1CCCC2. The minimum absolute atomic E-state index is 0.0278. The molecule has 0 spiro atoms. The van der Waals surface area contributed by atoms with Crippen molar-refractivity contribution < 1.29 is 23.5 Å². The zero-order chi connectivity index (χ0) is 30.6. The third-order valence-electron chi connectivity index (χ3n) is 8.19. The van der Waals surface area contributed by atoms with Crippen molar-refractivity contribution >= 4 is 46.5 Å². The lowest BCUT2D eigenvalue weighted by molar-refractivity contribution is -0.110. The van der Waals surface area contributed by atoms with Gasteiger partial charge in [-0.1, -0.05) is 31.5 Å². The van der Waals surface area contributed by atoms with Crippen molar-refractivity contribution in [1.82, 2.24) is 0 Å². The zero-order valence-corrected chi connectivity index (χ0v) is 24.9. The predicted octanol–water partition coefficient (Wildman–Crippen LogP) is 7.64. The van der Waals surface area contributed by atoms with Crippen LogP contribution in [-0.2, 0) is 22.4 Å². The van der Waals surface area contributed by atoms with Crippen molar-refractivity contribution in [1.29, 1.82) is 0 Å². The van der Waals surface area contributed by atoms with Crippen LogP contribution in [0.15, 0.2) is 77.2 Å². The number of nitrogens with one attached hydrogen (secondary N) is 3. The van der Waals surface area contributed by atoms with Gasteiger partial charge in [-0.25, -0.2) is 4.79 Å². The van der Waals surface area contributed by atoms with E-state index in [1.54, 1.807) is 42.5 Å². The normalized spacial score (nSPS) is 15.2. The van der Waals surface area contributed by atoms with Gasteiger partial charge in [0.05, 0.1) is 24.3 Å². The maximum atomic E-state index is 13.3. The van der Waals surface area contributed by atoms with Crippen LogP contribution in [0.3, 0.4) is 0 Å². The number of hydrogen-bond donors (Lipinski definition) is 3. The number of benzene rings is 3. The molecule has 1 unspecified atom stereocenters. The molecule has 44 heavy (non-hydrogen) atoms. The second-order valence-corrected chi connectivity index (χ2v) is 11.1. The fourth-order valence-corrected chi connectivity index (χ4v) is 6.03. The molecule has 1 aromatic heterocycles. The molecule has 0 bridgehead atoms. The molecule has 4 aromatic rings. The molecule has 8 nitrogen and oxygen atoms in total. The average molecular weight is 590 g/mol. The molecule has 3 aromatic carbocycles. The number of ether oxygens (including phenoxy) is 1. The van der Waals surface area contributed by atoms with Gasteiger partial charge in [-0.3, -0.25) is 9.59 Å². The van der Waals surface area contributed by atoms with Crippen LogP contribution in [0, 0.1) is 0 Å². The highest BCUT2D eigenvalue weighted by Gasteiger charge is 2.30. The molecule has 0 saturated carbocycles. The van der Waals surface area contributed by atoms with Crippen molar-refractivity contribution in [2.45, 2.75) is 51.5 Å². The summed E-state index contributed by atoms with van der Waals surface area (Å²) in [5.41, 5.74) is 6.57. The fourth-order valence-electron chi connectivity index (χ4n) is 6.03. The Hall–Kier alpha value is -5.11. The number of furan rings is 1. The number of carbonyl (C=O) groups excluding carboxylic acids is 3. The minimum atomic E-state index is -0.468. The largest absolute Gasteiger partial charge is 0.465 e. The van der Waals surface area contributed by atoms with Crippen LogP contribution in [0.5, 0.6) is 0 Å². The summed E-state index contributed by atoms with van der Waals surface area (Å²) in [6, 6.07) is 21.8. The molecule has 0 radical (unpaired) electrons.